The molecule has 0 saturated carbocycles. The molecule has 0 atom stereocenters. The summed E-state index contributed by atoms with van der Waals surface area (Å²) < 4.78 is 6.59. The third kappa shape index (κ3) is 2.30. The number of aromatic nitrogens is 1. The van der Waals surface area contributed by atoms with Crippen LogP contribution in [0.5, 0.6) is 0 Å². The molecule has 1 amide bonds. The maximum absolute atomic E-state index is 11.3. The van der Waals surface area contributed by atoms with Gasteiger partial charge in [0.15, 0.2) is 5.58 Å². The van der Waals surface area contributed by atoms with Crippen molar-refractivity contribution in [3.05, 3.63) is 34.3 Å². The molecule has 0 saturated heterocycles. The molecule has 5 heteroatoms. The van der Waals surface area contributed by atoms with Crippen molar-refractivity contribution in [3.8, 4) is 0 Å². The number of hydrogen-bond acceptors (Lipinski definition) is 3. The van der Waals surface area contributed by atoms with E-state index in [0.29, 0.717) is 12.1 Å². The second-order valence-electron chi connectivity index (χ2n) is 4.42. The van der Waals surface area contributed by atoms with Crippen LogP contribution in [0.2, 0.25) is 0 Å². The summed E-state index contributed by atoms with van der Waals surface area (Å²) >= 11 is 0. The fourth-order valence-electron chi connectivity index (χ4n) is 1.79. The quantitative estimate of drug-likeness (QED) is 0.818. The first kappa shape index (κ1) is 12.4. The van der Waals surface area contributed by atoms with Crippen molar-refractivity contribution in [2.75, 3.05) is 13.6 Å². The molecule has 5 nitrogen and oxygen atoms in total. The van der Waals surface area contributed by atoms with Crippen LogP contribution in [0.3, 0.4) is 0 Å². The predicted octanol–water partition coefficient (Wildman–Crippen LogP) is 1.15. The fraction of sp³-hybridized carbons (Fsp3) is 0.385. The summed E-state index contributed by atoms with van der Waals surface area (Å²) in [7, 11) is 3.45. The average Bonchev–Trinajstić information content (AvgIpc) is 2.61. The first-order valence-electron chi connectivity index (χ1n) is 5.79. The molecule has 0 N–H and O–H groups in total. The van der Waals surface area contributed by atoms with Gasteiger partial charge in [-0.1, -0.05) is 6.07 Å². The van der Waals surface area contributed by atoms with Crippen LogP contribution < -0.4 is 5.76 Å². The maximum atomic E-state index is 11.3. The molecule has 0 aliphatic rings. The summed E-state index contributed by atoms with van der Waals surface area (Å²) in [5.74, 6) is -0.315. The lowest BCUT2D eigenvalue weighted by Crippen LogP contribution is -2.26. The van der Waals surface area contributed by atoms with Crippen LogP contribution >= 0.6 is 0 Å². The summed E-state index contributed by atoms with van der Waals surface area (Å²) in [5, 5.41) is 0. The first-order valence-corrected chi connectivity index (χ1v) is 5.79. The summed E-state index contributed by atoms with van der Waals surface area (Å²) in [5.41, 5.74) is 2.42. The van der Waals surface area contributed by atoms with Crippen molar-refractivity contribution in [1.29, 1.82) is 0 Å². The number of aryl methyl sites for hydroxylation is 1. The lowest BCUT2D eigenvalue weighted by molar-refractivity contribution is -0.127. The SMILES string of the molecule is CC(=O)N(C)CCc1ccc2c(c1)oc(=O)n2C. The van der Waals surface area contributed by atoms with Crippen LogP contribution in [-0.2, 0) is 18.3 Å². The number of rotatable bonds is 3. The van der Waals surface area contributed by atoms with Crippen LogP contribution in [-0.4, -0.2) is 29.0 Å². The Morgan fingerprint density at radius 1 is 1.44 bits per heavy atom. The van der Waals surface area contributed by atoms with Crippen molar-refractivity contribution < 1.29 is 9.21 Å². The lowest BCUT2D eigenvalue weighted by Gasteiger charge is -2.14. The van der Waals surface area contributed by atoms with E-state index in [1.54, 1.807) is 25.9 Å². The molecule has 0 spiro atoms. The molecule has 0 fully saturated rings. The van der Waals surface area contributed by atoms with E-state index in [1.165, 1.54) is 4.57 Å². The van der Waals surface area contributed by atoms with E-state index in [9.17, 15) is 9.59 Å². The number of hydrogen-bond donors (Lipinski definition) is 0. The number of carbonyl (C=O) groups excluding carboxylic acids is 1. The molecule has 1 aromatic heterocycles. The van der Waals surface area contributed by atoms with Crippen LogP contribution in [0.4, 0.5) is 0 Å². The van der Waals surface area contributed by atoms with Crippen LogP contribution in [0, 0.1) is 0 Å². The van der Waals surface area contributed by atoms with Gasteiger partial charge >= 0.3 is 5.76 Å². The Kier molecular flexibility index (Phi) is 3.23. The van der Waals surface area contributed by atoms with Crippen molar-refractivity contribution in [3.63, 3.8) is 0 Å². The van der Waals surface area contributed by atoms with E-state index in [-0.39, 0.29) is 11.7 Å². The number of likely N-dealkylation sites (N-methyl/N-ethyl adjacent to an activating group) is 1. The van der Waals surface area contributed by atoms with Gasteiger partial charge in [0.1, 0.15) is 0 Å². The predicted molar refractivity (Wildman–Crippen MR) is 68.5 cm³/mol. The van der Waals surface area contributed by atoms with Crippen LogP contribution in [0.1, 0.15) is 12.5 Å². The molecule has 0 radical (unpaired) electrons. The zero-order chi connectivity index (χ0) is 13.3. The number of benzene rings is 1. The topological polar surface area (TPSA) is 55.5 Å². The third-order valence-electron chi connectivity index (χ3n) is 3.13. The molecule has 96 valence electrons. The number of fused-ring (bicyclic) bond motifs is 1. The van der Waals surface area contributed by atoms with Gasteiger partial charge < -0.3 is 9.32 Å². The normalized spacial score (nSPS) is 10.8. The van der Waals surface area contributed by atoms with E-state index in [0.717, 1.165) is 17.5 Å². The highest BCUT2D eigenvalue weighted by atomic mass is 16.4. The van der Waals surface area contributed by atoms with E-state index in [2.05, 4.69) is 0 Å². The molecule has 0 unspecified atom stereocenters. The van der Waals surface area contributed by atoms with E-state index < -0.39 is 0 Å². The molecule has 18 heavy (non-hydrogen) atoms. The van der Waals surface area contributed by atoms with Gasteiger partial charge in [0.2, 0.25) is 5.91 Å². The maximum Gasteiger partial charge on any atom is 0.419 e. The average molecular weight is 248 g/mol. The zero-order valence-corrected chi connectivity index (χ0v) is 10.8. The number of amides is 1. The van der Waals surface area contributed by atoms with Crippen molar-refractivity contribution in [2.45, 2.75) is 13.3 Å². The smallest absolute Gasteiger partial charge is 0.408 e. The van der Waals surface area contributed by atoms with E-state index in [1.807, 2.05) is 18.2 Å². The monoisotopic (exact) mass is 248 g/mol. The molecule has 2 rings (SSSR count). The Labute approximate surface area is 105 Å². The Balaban J connectivity index is 2.20. The summed E-state index contributed by atoms with van der Waals surface area (Å²) in [6.45, 7) is 2.19. The summed E-state index contributed by atoms with van der Waals surface area (Å²) in [4.78, 5) is 24.1. The van der Waals surface area contributed by atoms with Gasteiger partial charge in [0, 0.05) is 27.6 Å². The molecular weight excluding hydrogens is 232 g/mol. The standard InChI is InChI=1S/C13H16N2O3/c1-9(16)14(2)7-6-10-4-5-11-12(8-10)18-13(17)15(11)3/h4-5,8H,6-7H2,1-3H3. The Morgan fingerprint density at radius 3 is 2.83 bits per heavy atom. The number of nitrogens with zero attached hydrogens (tertiary/aromatic N) is 2. The minimum atomic E-state index is -0.358. The molecule has 1 aromatic carbocycles. The number of oxazole rings is 1. The second kappa shape index (κ2) is 4.68. The largest absolute Gasteiger partial charge is 0.419 e. The van der Waals surface area contributed by atoms with E-state index >= 15 is 0 Å². The molecule has 0 aliphatic heterocycles. The Morgan fingerprint density at radius 2 is 2.17 bits per heavy atom. The van der Waals surface area contributed by atoms with Gasteiger partial charge in [0.05, 0.1) is 5.52 Å². The Bertz CT molecular complexity index is 639. The van der Waals surface area contributed by atoms with Gasteiger partial charge in [-0.2, -0.15) is 0 Å². The lowest BCUT2D eigenvalue weighted by atomic mass is 10.1. The van der Waals surface area contributed by atoms with Crippen molar-refractivity contribution in [2.24, 2.45) is 7.05 Å². The molecule has 0 aliphatic carbocycles. The van der Waals surface area contributed by atoms with Gasteiger partial charge in [-0.05, 0) is 24.1 Å². The number of carbonyl (C=O) groups is 1. The van der Waals surface area contributed by atoms with Crippen molar-refractivity contribution >= 4 is 17.0 Å². The highest BCUT2D eigenvalue weighted by molar-refractivity contribution is 5.74. The highest BCUT2D eigenvalue weighted by Gasteiger charge is 2.07. The van der Waals surface area contributed by atoms with Gasteiger partial charge in [-0.3, -0.25) is 9.36 Å². The summed E-state index contributed by atoms with van der Waals surface area (Å²) in [6.07, 6.45) is 0.741. The minimum absolute atomic E-state index is 0.0438. The van der Waals surface area contributed by atoms with E-state index in [4.69, 9.17) is 4.42 Å². The van der Waals surface area contributed by atoms with Gasteiger partial charge in [-0.25, -0.2) is 4.79 Å². The van der Waals surface area contributed by atoms with Gasteiger partial charge in [-0.15, -0.1) is 0 Å². The fourth-order valence-corrected chi connectivity index (χ4v) is 1.79. The summed E-state index contributed by atoms with van der Waals surface area (Å²) in [6, 6.07) is 5.67. The Hall–Kier alpha value is -2.04. The molecule has 0 bridgehead atoms. The van der Waals surface area contributed by atoms with Crippen LogP contribution in [0.25, 0.3) is 11.1 Å². The van der Waals surface area contributed by atoms with Gasteiger partial charge in [0.25, 0.3) is 0 Å². The minimum Gasteiger partial charge on any atom is -0.408 e. The second-order valence-corrected chi connectivity index (χ2v) is 4.42. The van der Waals surface area contributed by atoms with Crippen molar-refractivity contribution in [1.82, 2.24) is 9.47 Å². The zero-order valence-electron chi connectivity index (χ0n) is 10.8. The molecule has 1 heterocycles. The first-order chi connectivity index (χ1) is 8.49. The molecule has 2 aromatic rings. The van der Waals surface area contributed by atoms with Crippen LogP contribution in [0.15, 0.2) is 27.4 Å². The third-order valence-corrected chi connectivity index (χ3v) is 3.13. The highest BCUT2D eigenvalue weighted by Crippen LogP contribution is 2.14. The molecular formula is C13H16N2O3.